The zero-order chi connectivity index (χ0) is 12.8. The second-order valence-corrected chi connectivity index (χ2v) is 3.01. The Morgan fingerprint density at radius 1 is 1.41 bits per heavy atom. The summed E-state index contributed by atoms with van der Waals surface area (Å²) in [6.45, 7) is 1.64. The lowest BCUT2D eigenvalue weighted by atomic mass is 10.1. The predicted octanol–water partition coefficient (Wildman–Crippen LogP) is 0.886. The maximum atomic E-state index is 13.3. The molecule has 0 atom stereocenters. The molecule has 1 aromatic rings. The number of esters is 1. The third kappa shape index (κ3) is 2.87. The molecule has 0 heterocycles. The third-order valence-corrected chi connectivity index (χ3v) is 1.93. The quantitative estimate of drug-likeness (QED) is 0.211. The van der Waals surface area contributed by atoms with E-state index in [0.29, 0.717) is 0 Å². The number of nitrogens with zero attached hydrogens (tertiary/aromatic N) is 1. The summed E-state index contributed by atoms with van der Waals surface area (Å²) in [7, 11) is 0. The van der Waals surface area contributed by atoms with E-state index in [1.54, 1.807) is 6.92 Å². The molecule has 0 aliphatic carbocycles. The van der Waals surface area contributed by atoms with Gasteiger partial charge in [0.15, 0.2) is 0 Å². The maximum Gasteiger partial charge on any atom is 0.362 e. The van der Waals surface area contributed by atoms with Gasteiger partial charge in [0.25, 0.3) is 0 Å². The monoisotopic (exact) mass is 238 g/mol. The highest BCUT2D eigenvalue weighted by Gasteiger charge is 2.25. The number of carbonyl (C=O) groups is 2. The average molecular weight is 238 g/mol. The van der Waals surface area contributed by atoms with E-state index < -0.39 is 23.3 Å². The number of ether oxygens (including phenoxy) is 1. The lowest BCUT2D eigenvalue weighted by Crippen LogP contribution is -2.28. The number of carbonyl (C=O) groups excluding carboxylic acids is 2. The zero-order valence-electron chi connectivity index (χ0n) is 9.14. The standard InChI is InChI=1S/C11H11FN2O3/c1-2-17-11(16)9(14-13)10(15)7-5-3-4-6-8(7)12/h3-6H,2,13H2,1H3/b14-9-. The number of ketones is 1. The Hall–Kier alpha value is -2.24. The fraction of sp³-hybridized carbons (Fsp3) is 0.182. The SMILES string of the molecule is CCOC(=O)/C(=N\N)C(=O)c1ccccc1F. The molecule has 0 radical (unpaired) electrons. The Balaban J connectivity index is 3.04. The van der Waals surface area contributed by atoms with Crippen LogP contribution in [0.3, 0.4) is 0 Å². The summed E-state index contributed by atoms with van der Waals surface area (Å²) < 4.78 is 17.9. The largest absolute Gasteiger partial charge is 0.461 e. The molecule has 1 aromatic carbocycles. The Morgan fingerprint density at radius 2 is 2.06 bits per heavy atom. The Labute approximate surface area is 97.1 Å². The van der Waals surface area contributed by atoms with Gasteiger partial charge >= 0.3 is 5.97 Å². The van der Waals surface area contributed by atoms with E-state index in [9.17, 15) is 14.0 Å². The molecule has 5 nitrogen and oxygen atoms in total. The molecule has 0 unspecified atom stereocenters. The number of hydrogen-bond acceptors (Lipinski definition) is 5. The molecule has 1 rings (SSSR count). The van der Waals surface area contributed by atoms with Gasteiger partial charge in [0.05, 0.1) is 12.2 Å². The van der Waals surface area contributed by atoms with Crippen LogP contribution in [-0.4, -0.2) is 24.1 Å². The van der Waals surface area contributed by atoms with Crippen molar-refractivity contribution in [3.63, 3.8) is 0 Å². The maximum absolute atomic E-state index is 13.3. The first kappa shape index (κ1) is 12.8. The summed E-state index contributed by atoms with van der Waals surface area (Å²) in [5, 5.41) is 3.05. The van der Waals surface area contributed by atoms with Crippen LogP contribution in [0, 0.1) is 5.82 Å². The Morgan fingerprint density at radius 3 is 2.59 bits per heavy atom. The molecule has 17 heavy (non-hydrogen) atoms. The molecule has 0 saturated carbocycles. The van der Waals surface area contributed by atoms with Crippen LogP contribution < -0.4 is 5.84 Å². The van der Waals surface area contributed by atoms with E-state index in [1.807, 2.05) is 0 Å². The minimum atomic E-state index is -0.969. The Kier molecular flexibility index (Phi) is 4.33. The van der Waals surface area contributed by atoms with Gasteiger partial charge in [0, 0.05) is 0 Å². The van der Waals surface area contributed by atoms with Crippen molar-refractivity contribution in [2.45, 2.75) is 6.92 Å². The number of Topliss-reactive ketones (excluding diaryl/α,β-unsaturated/α-hetero) is 1. The number of halogens is 1. The molecule has 90 valence electrons. The highest BCUT2D eigenvalue weighted by molar-refractivity contribution is 6.67. The fourth-order valence-electron chi connectivity index (χ4n) is 1.18. The highest BCUT2D eigenvalue weighted by Crippen LogP contribution is 2.08. The third-order valence-electron chi connectivity index (χ3n) is 1.93. The van der Waals surface area contributed by atoms with E-state index in [2.05, 4.69) is 9.84 Å². The van der Waals surface area contributed by atoms with Gasteiger partial charge < -0.3 is 10.6 Å². The van der Waals surface area contributed by atoms with Crippen LogP contribution in [0.15, 0.2) is 29.4 Å². The van der Waals surface area contributed by atoms with Gasteiger partial charge in [-0.05, 0) is 19.1 Å². The van der Waals surface area contributed by atoms with Crippen LogP contribution in [0.5, 0.6) is 0 Å². The van der Waals surface area contributed by atoms with Gasteiger partial charge in [-0.3, -0.25) is 4.79 Å². The summed E-state index contributed by atoms with van der Waals surface area (Å²) in [6, 6.07) is 5.24. The van der Waals surface area contributed by atoms with Gasteiger partial charge in [-0.2, -0.15) is 5.10 Å². The average Bonchev–Trinajstić information content (AvgIpc) is 2.30. The van der Waals surface area contributed by atoms with Crippen LogP contribution in [0.25, 0.3) is 0 Å². The molecular weight excluding hydrogens is 227 g/mol. The molecule has 0 aromatic heterocycles. The van der Waals surface area contributed by atoms with Gasteiger partial charge in [-0.15, -0.1) is 0 Å². The molecule has 6 heteroatoms. The summed E-state index contributed by atoms with van der Waals surface area (Å²) in [4.78, 5) is 23.1. The topological polar surface area (TPSA) is 81.8 Å². The second-order valence-electron chi connectivity index (χ2n) is 3.01. The van der Waals surface area contributed by atoms with E-state index in [0.717, 1.165) is 6.07 Å². The summed E-state index contributed by atoms with van der Waals surface area (Å²) in [6.07, 6.45) is 0. The summed E-state index contributed by atoms with van der Waals surface area (Å²) >= 11 is 0. The molecule has 0 spiro atoms. The number of hydrazone groups is 1. The van der Waals surface area contributed by atoms with Crippen LogP contribution in [0.1, 0.15) is 17.3 Å². The van der Waals surface area contributed by atoms with Crippen LogP contribution in [-0.2, 0) is 9.53 Å². The van der Waals surface area contributed by atoms with Crippen molar-refractivity contribution in [3.05, 3.63) is 35.6 Å². The molecule has 0 amide bonds. The first-order chi connectivity index (χ1) is 8.11. The van der Waals surface area contributed by atoms with E-state index >= 15 is 0 Å². The van der Waals surface area contributed by atoms with Gasteiger partial charge in [0.2, 0.25) is 11.5 Å². The minimum absolute atomic E-state index is 0.0718. The molecule has 0 fully saturated rings. The van der Waals surface area contributed by atoms with Crippen molar-refractivity contribution in [2.24, 2.45) is 10.9 Å². The molecule has 2 N–H and O–H groups in total. The first-order valence-corrected chi connectivity index (χ1v) is 4.86. The molecule has 0 bridgehead atoms. The van der Waals surface area contributed by atoms with Gasteiger partial charge in [-0.1, -0.05) is 12.1 Å². The molecule has 0 aliphatic rings. The smallest absolute Gasteiger partial charge is 0.362 e. The normalized spacial score (nSPS) is 11.1. The van der Waals surface area contributed by atoms with Crippen LogP contribution in [0.2, 0.25) is 0 Å². The summed E-state index contributed by atoms with van der Waals surface area (Å²) in [5.41, 5.74) is -0.901. The molecule has 0 aliphatic heterocycles. The minimum Gasteiger partial charge on any atom is -0.461 e. The number of nitrogens with two attached hydrogens (primary N) is 1. The van der Waals surface area contributed by atoms with Gasteiger partial charge in [0.1, 0.15) is 5.82 Å². The van der Waals surface area contributed by atoms with Crippen molar-refractivity contribution in [3.8, 4) is 0 Å². The predicted molar refractivity (Wildman–Crippen MR) is 59.0 cm³/mol. The van der Waals surface area contributed by atoms with Crippen molar-refractivity contribution in [1.29, 1.82) is 0 Å². The van der Waals surface area contributed by atoms with Crippen molar-refractivity contribution in [1.82, 2.24) is 0 Å². The lowest BCUT2D eigenvalue weighted by Gasteiger charge is -2.04. The van der Waals surface area contributed by atoms with E-state index in [1.165, 1.54) is 18.2 Å². The van der Waals surface area contributed by atoms with Crippen molar-refractivity contribution >= 4 is 17.5 Å². The zero-order valence-corrected chi connectivity index (χ0v) is 9.14. The lowest BCUT2D eigenvalue weighted by molar-refractivity contribution is -0.134. The van der Waals surface area contributed by atoms with Crippen molar-refractivity contribution in [2.75, 3.05) is 6.61 Å². The first-order valence-electron chi connectivity index (χ1n) is 4.86. The number of hydrogen-bond donors (Lipinski definition) is 1. The summed E-state index contributed by atoms with van der Waals surface area (Å²) in [5.74, 6) is 2.32. The van der Waals surface area contributed by atoms with Crippen LogP contribution >= 0.6 is 0 Å². The van der Waals surface area contributed by atoms with E-state index in [-0.39, 0.29) is 12.2 Å². The molecule has 0 saturated heterocycles. The fourth-order valence-corrected chi connectivity index (χ4v) is 1.18. The van der Waals surface area contributed by atoms with Crippen molar-refractivity contribution < 1.29 is 18.7 Å². The Bertz CT molecular complexity index is 472. The highest BCUT2D eigenvalue weighted by atomic mass is 19.1. The van der Waals surface area contributed by atoms with Crippen LogP contribution in [0.4, 0.5) is 4.39 Å². The molecular formula is C11H11FN2O3. The number of benzene rings is 1. The van der Waals surface area contributed by atoms with E-state index in [4.69, 9.17) is 5.84 Å². The second kappa shape index (κ2) is 5.74. The number of rotatable bonds is 4. The van der Waals surface area contributed by atoms with Gasteiger partial charge in [-0.25, -0.2) is 9.18 Å².